The summed E-state index contributed by atoms with van der Waals surface area (Å²) < 4.78 is 18.4. The molecule has 0 aliphatic heterocycles. The van der Waals surface area contributed by atoms with Crippen LogP contribution < -0.4 is 5.46 Å². The molecule has 5 rings (SSSR count). The molecule has 2 aromatic heterocycles. The second-order valence-electron chi connectivity index (χ2n) is 8.92. The van der Waals surface area contributed by atoms with Crippen LogP contribution in [0.2, 0.25) is 0 Å². The molecule has 0 atom stereocenters. The van der Waals surface area contributed by atoms with Crippen LogP contribution in [-0.2, 0) is 4.65 Å². The number of oxazole rings is 1. The second kappa shape index (κ2) is 6.97. The molecule has 0 radical (unpaired) electrons. The lowest BCUT2D eigenvalue weighted by Gasteiger charge is -2.37. The van der Waals surface area contributed by atoms with E-state index in [-0.39, 0.29) is 0 Å². The molecule has 0 unspecified atom stereocenters. The topological polar surface area (TPSA) is 68.6 Å². The van der Waals surface area contributed by atoms with Gasteiger partial charge in [0.1, 0.15) is 16.7 Å². The maximum atomic E-state index is 10.4. The highest BCUT2D eigenvalue weighted by Gasteiger charge is 2.36. The molecule has 5 nitrogen and oxygen atoms in total. The van der Waals surface area contributed by atoms with E-state index < -0.39 is 11.2 Å². The van der Waals surface area contributed by atoms with Gasteiger partial charge in [0.05, 0.1) is 16.6 Å². The molecule has 2 heterocycles. The molecule has 0 aliphatic rings. The largest absolute Gasteiger partial charge is 0.456 e. The number of aliphatic hydroxyl groups is 1. The molecule has 156 valence electrons. The SMILES string of the molecule is CC(C)(O)C(C)(C)OBc1cccc2c1oc1ccc3oc(-c4ccccc4)nc3c12. The number of furan rings is 1. The third-order valence-corrected chi connectivity index (χ3v) is 6.18. The van der Waals surface area contributed by atoms with Crippen LogP contribution in [-0.4, -0.2) is 28.8 Å². The minimum Gasteiger partial charge on any atom is -0.456 e. The van der Waals surface area contributed by atoms with E-state index in [1.165, 1.54) is 0 Å². The van der Waals surface area contributed by atoms with E-state index in [1.807, 2.05) is 74.5 Å². The summed E-state index contributed by atoms with van der Waals surface area (Å²) in [6, 6.07) is 19.7. The van der Waals surface area contributed by atoms with Gasteiger partial charge >= 0.3 is 7.48 Å². The molecule has 0 spiro atoms. The zero-order valence-corrected chi connectivity index (χ0v) is 18.1. The molecule has 5 aromatic rings. The van der Waals surface area contributed by atoms with Gasteiger partial charge in [-0.15, -0.1) is 0 Å². The molecule has 0 bridgehead atoms. The highest BCUT2D eigenvalue weighted by atomic mass is 16.5. The summed E-state index contributed by atoms with van der Waals surface area (Å²) in [4.78, 5) is 4.79. The Balaban J connectivity index is 1.63. The average Bonchev–Trinajstić information content (AvgIpc) is 3.33. The van der Waals surface area contributed by atoms with Crippen LogP contribution in [0.5, 0.6) is 0 Å². The standard InChI is InChI=1S/C25H24BNO4/c1-24(2,28)25(3,4)31-26-17-12-8-11-16-20-18(29-22(16)17)13-14-19-21(20)27-23(30-19)15-9-6-5-7-10-15/h5-14,26,28H,1-4H3. The first kappa shape index (κ1) is 19.9. The van der Waals surface area contributed by atoms with Crippen molar-refractivity contribution in [3.8, 4) is 11.5 Å². The highest BCUT2D eigenvalue weighted by Crippen LogP contribution is 2.35. The van der Waals surface area contributed by atoms with Crippen molar-refractivity contribution in [1.82, 2.24) is 4.98 Å². The van der Waals surface area contributed by atoms with Crippen molar-refractivity contribution in [2.45, 2.75) is 38.9 Å². The minimum absolute atomic E-state index is 0.325. The lowest BCUT2D eigenvalue weighted by molar-refractivity contribution is -0.0893. The van der Waals surface area contributed by atoms with Crippen molar-refractivity contribution < 1.29 is 18.6 Å². The number of fused-ring (bicyclic) bond motifs is 5. The normalized spacial score (nSPS) is 12.8. The lowest BCUT2D eigenvalue weighted by atomic mass is 9.82. The maximum absolute atomic E-state index is 10.4. The first-order valence-corrected chi connectivity index (χ1v) is 10.4. The van der Waals surface area contributed by atoms with Crippen LogP contribution in [0.3, 0.4) is 0 Å². The number of para-hydroxylation sites is 1. The number of nitrogens with zero attached hydrogens (tertiary/aromatic N) is 1. The predicted molar refractivity (Wildman–Crippen MR) is 125 cm³/mol. The van der Waals surface area contributed by atoms with Crippen LogP contribution in [0, 0.1) is 0 Å². The van der Waals surface area contributed by atoms with Crippen LogP contribution in [0.1, 0.15) is 27.7 Å². The Morgan fingerprint density at radius 3 is 2.35 bits per heavy atom. The predicted octanol–water partition coefficient (Wildman–Crippen LogP) is 4.94. The molecule has 31 heavy (non-hydrogen) atoms. The zero-order valence-electron chi connectivity index (χ0n) is 18.1. The van der Waals surface area contributed by atoms with Gasteiger partial charge in [-0.25, -0.2) is 4.98 Å². The number of benzene rings is 3. The van der Waals surface area contributed by atoms with Gasteiger partial charge in [0.2, 0.25) is 5.89 Å². The van der Waals surface area contributed by atoms with Crippen LogP contribution in [0.4, 0.5) is 0 Å². The Hall–Kier alpha value is -3.09. The Morgan fingerprint density at radius 2 is 1.61 bits per heavy atom. The minimum atomic E-state index is -0.977. The molecule has 0 amide bonds. The summed E-state index contributed by atoms with van der Waals surface area (Å²) >= 11 is 0. The zero-order chi connectivity index (χ0) is 21.8. The summed E-state index contributed by atoms with van der Waals surface area (Å²) in [6.07, 6.45) is 0. The monoisotopic (exact) mass is 413 g/mol. The van der Waals surface area contributed by atoms with Gasteiger partial charge in [-0.1, -0.05) is 36.4 Å². The second-order valence-corrected chi connectivity index (χ2v) is 8.92. The highest BCUT2D eigenvalue weighted by molar-refractivity contribution is 6.51. The van der Waals surface area contributed by atoms with Gasteiger partial charge < -0.3 is 18.6 Å². The molecule has 0 fully saturated rings. The van der Waals surface area contributed by atoms with Gasteiger partial charge in [-0.05, 0) is 57.4 Å². The molecule has 0 saturated heterocycles. The summed E-state index contributed by atoms with van der Waals surface area (Å²) in [7, 11) is 0.325. The van der Waals surface area contributed by atoms with Gasteiger partial charge in [-0.2, -0.15) is 0 Å². The van der Waals surface area contributed by atoms with E-state index in [0.717, 1.165) is 44.1 Å². The van der Waals surface area contributed by atoms with Crippen molar-refractivity contribution in [3.63, 3.8) is 0 Å². The van der Waals surface area contributed by atoms with Gasteiger partial charge in [0, 0.05) is 10.9 Å². The number of hydrogen-bond acceptors (Lipinski definition) is 5. The number of rotatable bonds is 5. The third kappa shape index (κ3) is 3.32. The molecule has 6 heteroatoms. The Morgan fingerprint density at radius 1 is 0.871 bits per heavy atom. The summed E-state index contributed by atoms with van der Waals surface area (Å²) in [5, 5.41) is 12.3. The number of hydrogen-bond donors (Lipinski definition) is 1. The fourth-order valence-electron chi connectivity index (χ4n) is 3.59. The smallest absolute Gasteiger partial charge is 0.313 e. The quantitative estimate of drug-likeness (QED) is 0.414. The van der Waals surface area contributed by atoms with Crippen molar-refractivity contribution in [3.05, 3.63) is 60.7 Å². The van der Waals surface area contributed by atoms with Gasteiger partial charge in [0.25, 0.3) is 0 Å². The molecule has 0 saturated carbocycles. The Kier molecular flexibility index (Phi) is 4.47. The van der Waals surface area contributed by atoms with E-state index in [0.29, 0.717) is 13.4 Å². The van der Waals surface area contributed by atoms with E-state index in [4.69, 9.17) is 18.5 Å². The van der Waals surface area contributed by atoms with Crippen LogP contribution in [0.25, 0.3) is 44.5 Å². The first-order valence-electron chi connectivity index (χ1n) is 10.4. The molecular weight excluding hydrogens is 389 g/mol. The van der Waals surface area contributed by atoms with E-state index in [9.17, 15) is 5.11 Å². The fraction of sp³-hybridized carbons (Fsp3) is 0.240. The van der Waals surface area contributed by atoms with E-state index in [1.54, 1.807) is 13.8 Å². The van der Waals surface area contributed by atoms with Gasteiger partial charge in [-0.3, -0.25) is 0 Å². The molecule has 0 aliphatic carbocycles. The Bertz CT molecular complexity index is 1390. The van der Waals surface area contributed by atoms with Gasteiger partial charge in [0.15, 0.2) is 5.58 Å². The van der Waals surface area contributed by atoms with Crippen molar-refractivity contribution in [1.29, 1.82) is 0 Å². The van der Waals surface area contributed by atoms with Crippen LogP contribution in [0.15, 0.2) is 69.5 Å². The summed E-state index contributed by atoms with van der Waals surface area (Å²) in [5.41, 5.74) is 3.18. The van der Waals surface area contributed by atoms with E-state index in [2.05, 4.69) is 0 Å². The van der Waals surface area contributed by atoms with Crippen LogP contribution >= 0.6 is 0 Å². The first-order chi connectivity index (χ1) is 14.7. The maximum Gasteiger partial charge on any atom is 0.313 e. The fourth-order valence-corrected chi connectivity index (χ4v) is 3.59. The molecular formula is C25H24BNO4. The van der Waals surface area contributed by atoms with Crippen molar-refractivity contribution in [2.75, 3.05) is 0 Å². The van der Waals surface area contributed by atoms with Crippen molar-refractivity contribution >= 4 is 46.0 Å². The van der Waals surface area contributed by atoms with Crippen molar-refractivity contribution in [2.24, 2.45) is 0 Å². The summed E-state index contributed by atoms with van der Waals surface area (Å²) in [5.74, 6) is 0.587. The Labute approximate surface area is 180 Å². The average molecular weight is 413 g/mol. The number of aromatic nitrogens is 1. The molecule has 3 aromatic carbocycles. The van der Waals surface area contributed by atoms with E-state index >= 15 is 0 Å². The molecule has 1 N–H and O–H groups in total. The lowest BCUT2D eigenvalue weighted by Crippen LogP contribution is -2.49. The summed E-state index contributed by atoms with van der Waals surface area (Å²) in [6.45, 7) is 7.27. The third-order valence-electron chi connectivity index (χ3n) is 6.18.